The lowest BCUT2D eigenvalue weighted by atomic mass is 10.0. The maximum Gasteiger partial charge on any atom is 0.201 e. The van der Waals surface area contributed by atoms with Gasteiger partial charge in [0.25, 0.3) is 0 Å². The fourth-order valence-electron chi connectivity index (χ4n) is 1.08. The van der Waals surface area contributed by atoms with Crippen LogP contribution in [0.25, 0.3) is 0 Å². The molecule has 0 fully saturated rings. The SMILES string of the molecule is CC(C)CCCC(C)N[SH](=O)=O. The van der Waals surface area contributed by atoms with Crippen LogP contribution < -0.4 is 4.72 Å². The van der Waals surface area contributed by atoms with Gasteiger partial charge in [-0.25, -0.2) is 13.1 Å². The molecule has 0 aliphatic carbocycles. The molecule has 0 amide bonds. The minimum atomic E-state index is -2.42. The highest BCUT2D eigenvalue weighted by molar-refractivity contribution is 7.70. The first-order chi connectivity index (χ1) is 5.52. The molecule has 0 heterocycles. The molecule has 4 heteroatoms. The third-order valence-electron chi connectivity index (χ3n) is 1.74. The Kier molecular flexibility index (Phi) is 6.38. The summed E-state index contributed by atoms with van der Waals surface area (Å²) in [5.41, 5.74) is 0. The van der Waals surface area contributed by atoms with Gasteiger partial charge in [0.05, 0.1) is 0 Å². The third-order valence-corrected chi connectivity index (χ3v) is 2.40. The Labute approximate surface area is 76.6 Å². The predicted octanol–water partition coefficient (Wildman–Crippen LogP) is 1.32. The molecule has 0 aliphatic heterocycles. The molecule has 1 atom stereocenters. The molecule has 0 bridgehead atoms. The molecule has 3 nitrogen and oxygen atoms in total. The van der Waals surface area contributed by atoms with Crippen molar-refractivity contribution in [1.29, 1.82) is 0 Å². The molecular formula is C8H19NO2S. The maximum absolute atomic E-state index is 10.2. The average Bonchev–Trinajstić information content (AvgIpc) is 1.84. The van der Waals surface area contributed by atoms with Crippen molar-refractivity contribution < 1.29 is 8.42 Å². The zero-order valence-corrected chi connectivity index (χ0v) is 8.93. The highest BCUT2D eigenvalue weighted by Gasteiger charge is 2.02. The fraction of sp³-hybridized carbons (Fsp3) is 1.00. The molecule has 0 aromatic rings. The maximum atomic E-state index is 10.2. The van der Waals surface area contributed by atoms with E-state index in [0.717, 1.165) is 12.8 Å². The van der Waals surface area contributed by atoms with E-state index in [0.29, 0.717) is 5.92 Å². The number of rotatable bonds is 6. The molecule has 1 unspecified atom stereocenters. The molecular weight excluding hydrogens is 174 g/mol. The fourth-order valence-corrected chi connectivity index (χ4v) is 1.57. The van der Waals surface area contributed by atoms with E-state index >= 15 is 0 Å². The Morgan fingerprint density at radius 3 is 2.17 bits per heavy atom. The molecule has 0 saturated carbocycles. The van der Waals surface area contributed by atoms with E-state index < -0.39 is 10.9 Å². The minimum Gasteiger partial charge on any atom is -0.216 e. The van der Waals surface area contributed by atoms with Gasteiger partial charge in [-0.3, -0.25) is 0 Å². The van der Waals surface area contributed by atoms with Crippen molar-refractivity contribution in [2.45, 2.75) is 46.1 Å². The third kappa shape index (κ3) is 8.01. The molecule has 0 radical (unpaired) electrons. The van der Waals surface area contributed by atoms with E-state index in [2.05, 4.69) is 18.6 Å². The van der Waals surface area contributed by atoms with Crippen LogP contribution in [0.1, 0.15) is 40.0 Å². The summed E-state index contributed by atoms with van der Waals surface area (Å²) < 4.78 is 22.9. The Balaban J connectivity index is 3.37. The van der Waals surface area contributed by atoms with Crippen molar-refractivity contribution in [3.8, 4) is 0 Å². The summed E-state index contributed by atoms with van der Waals surface area (Å²) in [5, 5.41) is 0. The van der Waals surface area contributed by atoms with E-state index in [4.69, 9.17) is 0 Å². The Bertz CT molecular complexity index is 170. The lowest BCUT2D eigenvalue weighted by Crippen LogP contribution is -2.24. The summed E-state index contributed by atoms with van der Waals surface area (Å²) in [4.78, 5) is 0. The van der Waals surface area contributed by atoms with Gasteiger partial charge in [-0.05, 0) is 19.3 Å². The van der Waals surface area contributed by atoms with E-state index in [-0.39, 0.29) is 6.04 Å². The van der Waals surface area contributed by atoms with Crippen molar-refractivity contribution in [2.24, 2.45) is 5.92 Å². The predicted molar refractivity (Wildman–Crippen MR) is 51.6 cm³/mol. The van der Waals surface area contributed by atoms with Gasteiger partial charge in [0, 0.05) is 6.04 Å². The normalized spacial score (nSPS) is 14.1. The number of hydrogen-bond acceptors (Lipinski definition) is 2. The second-order valence-corrected chi connectivity index (χ2v) is 4.38. The zero-order chi connectivity index (χ0) is 9.56. The lowest BCUT2D eigenvalue weighted by Gasteiger charge is -2.09. The molecule has 0 aromatic heterocycles. The Hall–Kier alpha value is -0.0900. The van der Waals surface area contributed by atoms with Gasteiger partial charge in [0.15, 0.2) is 0 Å². The summed E-state index contributed by atoms with van der Waals surface area (Å²) in [6, 6.07) is 0.0878. The van der Waals surface area contributed by atoms with Gasteiger partial charge in [-0.1, -0.05) is 26.7 Å². The summed E-state index contributed by atoms with van der Waals surface area (Å²) >= 11 is 0. The van der Waals surface area contributed by atoms with E-state index in [9.17, 15) is 8.42 Å². The van der Waals surface area contributed by atoms with Crippen LogP contribution in [0.15, 0.2) is 0 Å². The first-order valence-electron chi connectivity index (χ1n) is 4.43. The van der Waals surface area contributed by atoms with Crippen LogP contribution in [0.2, 0.25) is 0 Å². The molecule has 0 spiro atoms. The topological polar surface area (TPSA) is 46.2 Å². The molecule has 0 aliphatic rings. The van der Waals surface area contributed by atoms with Crippen molar-refractivity contribution in [3.63, 3.8) is 0 Å². The van der Waals surface area contributed by atoms with Gasteiger partial charge in [0.1, 0.15) is 0 Å². The van der Waals surface area contributed by atoms with Crippen LogP contribution in [-0.4, -0.2) is 14.5 Å². The summed E-state index contributed by atoms with van der Waals surface area (Å²) in [7, 11) is -2.42. The second kappa shape index (κ2) is 6.43. The van der Waals surface area contributed by atoms with Gasteiger partial charge in [-0.15, -0.1) is 0 Å². The van der Waals surface area contributed by atoms with Gasteiger partial charge in [-0.2, -0.15) is 0 Å². The number of nitrogens with one attached hydrogen (secondary N) is 1. The first kappa shape index (κ1) is 11.9. The summed E-state index contributed by atoms with van der Waals surface area (Å²) in [5.74, 6) is 0.707. The van der Waals surface area contributed by atoms with Crippen LogP contribution in [0, 0.1) is 5.92 Å². The molecule has 0 aromatic carbocycles. The largest absolute Gasteiger partial charge is 0.216 e. The standard InChI is InChI=1S/C8H19NO2S/c1-7(2)5-4-6-8(3)9-12(10)11/h7-8,12H,4-6H2,1-3H3,(H,9,10,11). The van der Waals surface area contributed by atoms with E-state index in [1.165, 1.54) is 6.42 Å². The number of thiol groups is 1. The van der Waals surface area contributed by atoms with Crippen LogP contribution in [0.5, 0.6) is 0 Å². The Morgan fingerprint density at radius 1 is 1.17 bits per heavy atom. The monoisotopic (exact) mass is 193 g/mol. The van der Waals surface area contributed by atoms with Gasteiger partial charge in [0.2, 0.25) is 10.9 Å². The Morgan fingerprint density at radius 2 is 1.75 bits per heavy atom. The van der Waals surface area contributed by atoms with Crippen molar-refractivity contribution in [3.05, 3.63) is 0 Å². The number of hydrogen-bond donors (Lipinski definition) is 2. The highest BCUT2D eigenvalue weighted by Crippen LogP contribution is 2.07. The molecule has 0 saturated heterocycles. The summed E-state index contributed by atoms with van der Waals surface area (Å²) in [6.07, 6.45) is 3.19. The molecule has 12 heavy (non-hydrogen) atoms. The second-order valence-electron chi connectivity index (χ2n) is 3.61. The first-order valence-corrected chi connectivity index (χ1v) is 5.60. The molecule has 74 valence electrons. The average molecular weight is 193 g/mol. The van der Waals surface area contributed by atoms with Crippen molar-refractivity contribution >= 4 is 10.9 Å². The lowest BCUT2D eigenvalue weighted by molar-refractivity contribution is 0.492. The van der Waals surface area contributed by atoms with Gasteiger partial charge >= 0.3 is 0 Å². The molecule has 0 rings (SSSR count). The van der Waals surface area contributed by atoms with Crippen LogP contribution in [0.3, 0.4) is 0 Å². The van der Waals surface area contributed by atoms with Crippen molar-refractivity contribution in [1.82, 2.24) is 4.72 Å². The summed E-state index contributed by atoms with van der Waals surface area (Å²) in [6.45, 7) is 6.24. The zero-order valence-electron chi connectivity index (χ0n) is 8.04. The minimum absolute atomic E-state index is 0.0878. The molecule has 1 N–H and O–H groups in total. The van der Waals surface area contributed by atoms with E-state index in [1.54, 1.807) is 0 Å². The smallest absolute Gasteiger partial charge is 0.201 e. The van der Waals surface area contributed by atoms with Gasteiger partial charge < -0.3 is 0 Å². The van der Waals surface area contributed by atoms with Crippen molar-refractivity contribution in [2.75, 3.05) is 0 Å². The quantitative estimate of drug-likeness (QED) is 0.625. The highest BCUT2D eigenvalue weighted by atomic mass is 32.2. The van der Waals surface area contributed by atoms with Crippen LogP contribution >= 0.6 is 0 Å². The van der Waals surface area contributed by atoms with E-state index in [1.807, 2.05) is 6.92 Å². The van der Waals surface area contributed by atoms with Crippen LogP contribution in [-0.2, 0) is 10.9 Å². The van der Waals surface area contributed by atoms with Crippen LogP contribution in [0.4, 0.5) is 0 Å².